The van der Waals surface area contributed by atoms with Crippen LogP contribution in [-0.4, -0.2) is 32.9 Å². The Hall–Kier alpha value is -1.55. The first kappa shape index (κ1) is 21.2. The van der Waals surface area contributed by atoms with Crippen molar-refractivity contribution in [2.45, 2.75) is 38.5 Å². The Morgan fingerprint density at radius 3 is 2.54 bits per heavy atom. The third kappa shape index (κ3) is 5.28. The number of thioether (sulfide) groups is 2. The Labute approximate surface area is 181 Å². The quantitative estimate of drug-likeness (QED) is 0.471. The second-order valence-corrected chi connectivity index (χ2v) is 9.28. The maximum Gasteiger partial charge on any atom is 0.169 e. The minimum Gasteiger partial charge on any atom is -0.306 e. The molecule has 0 N–H and O–H groups in total. The van der Waals surface area contributed by atoms with E-state index in [0.717, 1.165) is 44.7 Å². The van der Waals surface area contributed by atoms with E-state index in [1.807, 2.05) is 42.7 Å². The molecule has 6 heteroatoms. The number of fused-ring (bicyclic) bond motifs is 1. The van der Waals surface area contributed by atoms with Gasteiger partial charge >= 0.3 is 0 Å². The molecule has 0 spiro atoms. The van der Waals surface area contributed by atoms with Crippen LogP contribution in [0, 0.1) is 11.3 Å². The fourth-order valence-electron chi connectivity index (χ4n) is 3.37. The van der Waals surface area contributed by atoms with Gasteiger partial charge in [0, 0.05) is 23.1 Å². The van der Waals surface area contributed by atoms with Crippen molar-refractivity contribution in [3.63, 3.8) is 0 Å². The van der Waals surface area contributed by atoms with Gasteiger partial charge in [0.25, 0.3) is 0 Å². The monoisotopic (exact) mass is 427 g/mol. The van der Waals surface area contributed by atoms with Crippen molar-refractivity contribution in [3.8, 4) is 6.07 Å². The number of thiocarbonyl (C=S) groups is 1. The molecule has 0 saturated carbocycles. The second kappa shape index (κ2) is 10.8. The number of hydrogen-bond acceptors (Lipinski definition) is 5. The van der Waals surface area contributed by atoms with Crippen LogP contribution in [0.5, 0.6) is 0 Å². The van der Waals surface area contributed by atoms with Crippen LogP contribution in [0.25, 0.3) is 10.8 Å². The maximum absolute atomic E-state index is 9.43. The minimum atomic E-state index is 0.686. The third-order valence-corrected chi connectivity index (χ3v) is 7.22. The molecule has 1 fully saturated rings. The van der Waals surface area contributed by atoms with E-state index in [2.05, 4.69) is 11.0 Å². The van der Waals surface area contributed by atoms with E-state index in [1.165, 1.54) is 32.1 Å². The first-order valence-corrected chi connectivity index (χ1v) is 12.4. The third-order valence-electron chi connectivity index (χ3n) is 4.87. The van der Waals surface area contributed by atoms with Crippen molar-refractivity contribution in [3.05, 3.63) is 42.0 Å². The summed E-state index contributed by atoms with van der Waals surface area (Å²) in [6, 6.07) is 14.1. The molecule has 0 atom stereocenters. The smallest absolute Gasteiger partial charge is 0.169 e. The standard InChI is InChI=1S/C22H25N3S3/c1-27-22(26)25-14-8-4-2-3-5-9-15-28-21(25)24-20-13-12-17(16-23)18-10-6-7-11-19(18)20/h6-7,10-13H,2-5,8-9,14-15H2,1H3. The Kier molecular flexibility index (Phi) is 8.20. The van der Waals surface area contributed by atoms with Crippen LogP contribution < -0.4 is 0 Å². The van der Waals surface area contributed by atoms with Gasteiger partial charge in [-0.05, 0) is 31.2 Å². The Bertz CT molecular complexity index is 902. The van der Waals surface area contributed by atoms with Crippen molar-refractivity contribution < 1.29 is 0 Å². The largest absolute Gasteiger partial charge is 0.306 e. The number of rotatable bonds is 1. The van der Waals surface area contributed by atoms with Crippen LogP contribution in [-0.2, 0) is 0 Å². The summed E-state index contributed by atoms with van der Waals surface area (Å²) in [5, 5.41) is 12.4. The molecule has 0 aromatic heterocycles. The number of hydrogen-bond donors (Lipinski definition) is 0. The predicted molar refractivity (Wildman–Crippen MR) is 129 cm³/mol. The van der Waals surface area contributed by atoms with Gasteiger partial charge in [0.05, 0.1) is 17.3 Å². The Balaban J connectivity index is 2.04. The van der Waals surface area contributed by atoms with E-state index in [9.17, 15) is 5.26 Å². The summed E-state index contributed by atoms with van der Waals surface area (Å²) in [6.07, 6.45) is 9.52. The second-order valence-electron chi connectivity index (χ2n) is 6.78. The number of benzene rings is 2. The molecule has 3 rings (SSSR count). The van der Waals surface area contributed by atoms with Gasteiger partial charge in [0.15, 0.2) is 5.17 Å². The van der Waals surface area contributed by atoms with Gasteiger partial charge in [-0.2, -0.15) is 5.26 Å². The lowest BCUT2D eigenvalue weighted by Gasteiger charge is -2.25. The topological polar surface area (TPSA) is 39.4 Å². The molecule has 3 nitrogen and oxygen atoms in total. The fourth-order valence-corrected chi connectivity index (χ4v) is 5.09. The van der Waals surface area contributed by atoms with E-state index in [4.69, 9.17) is 17.2 Å². The lowest BCUT2D eigenvalue weighted by molar-refractivity contribution is 0.545. The molecule has 0 aliphatic carbocycles. The van der Waals surface area contributed by atoms with Gasteiger partial charge in [-0.15, -0.1) is 0 Å². The van der Waals surface area contributed by atoms with Crippen molar-refractivity contribution in [1.82, 2.24) is 4.90 Å². The Morgan fingerprint density at radius 1 is 1.07 bits per heavy atom. The van der Waals surface area contributed by atoms with Crippen LogP contribution in [0.3, 0.4) is 0 Å². The summed E-state index contributed by atoms with van der Waals surface area (Å²) in [6.45, 7) is 0.916. The molecule has 0 radical (unpaired) electrons. The summed E-state index contributed by atoms with van der Waals surface area (Å²) in [4.78, 5) is 7.28. The van der Waals surface area contributed by atoms with E-state index in [0.29, 0.717) is 5.56 Å². The van der Waals surface area contributed by atoms with Gasteiger partial charge in [0.1, 0.15) is 4.32 Å². The summed E-state index contributed by atoms with van der Waals surface area (Å²) in [5.74, 6) is 1.06. The molecule has 28 heavy (non-hydrogen) atoms. The molecule has 2 aromatic rings. The minimum absolute atomic E-state index is 0.686. The van der Waals surface area contributed by atoms with Gasteiger partial charge < -0.3 is 4.90 Å². The summed E-state index contributed by atoms with van der Waals surface area (Å²) >= 11 is 9.09. The lowest BCUT2D eigenvalue weighted by Crippen LogP contribution is -2.33. The van der Waals surface area contributed by atoms with Crippen molar-refractivity contribution >= 4 is 61.7 Å². The first-order valence-electron chi connectivity index (χ1n) is 9.73. The fraction of sp³-hybridized carbons (Fsp3) is 0.409. The van der Waals surface area contributed by atoms with Crippen LogP contribution in [0.2, 0.25) is 0 Å². The number of amidine groups is 1. The van der Waals surface area contributed by atoms with E-state index in [-0.39, 0.29) is 0 Å². The van der Waals surface area contributed by atoms with Crippen LogP contribution in [0.15, 0.2) is 41.4 Å². The predicted octanol–water partition coefficient (Wildman–Crippen LogP) is 6.74. The van der Waals surface area contributed by atoms with Gasteiger partial charge in [-0.1, -0.05) is 85.7 Å². The molecule has 1 heterocycles. The zero-order valence-corrected chi connectivity index (χ0v) is 18.6. The van der Waals surface area contributed by atoms with E-state index >= 15 is 0 Å². The van der Waals surface area contributed by atoms with Crippen LogP contribution in [0.1, 0.15) is 44.1 Å². The average Bonchev–Trinajstić information content (AvgIpc) is 2.79. The van der Waals surface area contributed by atoms with Crippen LogP contribution >= 0.6 is 35.7 Å². The molecule has 1 aliphatic heterocycles. The summed E-state index contributed by atoms with van der Waals surface area (Å²) in [5.41, 5.74) is 1.59. The molecular formula is C22H25N3S3. The zero-order chi connectivity index (χ0) is 19.8. The van der Waals surface area contributed by atoms with E-state index in [1.54, 1.807) is 23.5 Å². The average molecular weight is 428 g/mol. The molecule has 0 amide bonds. The molecule has 2 aromatic carbocycles. The maximum atomic E-state index is 9.43. The SMILES string of the molecule is CSC(=S)N1CCCCCCCCSC1=Nc1ccc(C#N)c2ccccc12. The highest BCUT2D eigenvalue weighted by Crippen LogP contribution is 2.31. The van der Waals surface area contributed by atoms with Crippen molar-refractivity contribution in [1.29, 1.82) is 5.26 Å². The molecule has 0 bridgehead atoms. The molecule has 0 unspecified atom stereocenters. The molecule has 146 valence electrons. The highest BCUT2D eigenvalue weighted by Gasteiger charge is 2.18. The lowest BCUT2D eigenvalue weighted by atomic mass is 10.0. The van der Waals surface area contributed by atoms with Gasteiger partial charge in [0.2, 0.25) is 0 Å². The number of nitrogens with zero attached hydrogens (tertiary/aromatic N) is 3. The number of aliphatic imine (C=N–C) groups is 1. The Morgan fingerprint density at radius 2 is 1.79 bits per heavy atom. The molecule has 1 aliphatic rings. The first-order chi connectivity index (χ1) is 13.7. The summed E-state index contributed by atoms with van der Waals surface area (Å²) < 4.78 is 0.878. The normalized spacial score (nSPS) is 17.9. The van der Waals surface area contributed by atoms with Gasteiger partial charge in [-0.3, -0.25) is 0 Å². The van der Waals surface area contributed by atoms with Crippen molar-refractivity contribution in [2.24, 2.45) is 4.99 Å². The summed E-state index contributed by atoms with van der Waals surface area (Å²) in [7, 11) is 0. The molecular weight excluding hydrogens is 402 g/mol. The zero-order valence-electron chi connectivity index (χ0n) is 16.2. The van der Waals surface area contributed by atoms with Gasteiger partial charge in [-0.25, -0.2) is 4.99 Å². The van der Waals surface area contributed by atoms with Crippen molar-refractivity contribution in [2.75, 3.05) is 18.6 Å². The number of nitriles is 1. The van der Waals surface area contributed by atoms with E-state index < -0.39 is 0 Å². The highest BCUT2D eigenvalue weighted by molar-refractivity contribution is 8.23. The van der Waals surface area contributed by atoms with Crippen LogP contribution in [0.4, 0.5) is 5.69 Å². The highest BCUT2D eigenvalue weighted by atomic mass is 32.2. The molecule has 1 saturated heterocycles.